The van der Waals surface area contributed by atoms with Crippen LogP contribution in [0, 0.1) is 0 Å². The quantitative estimate of drug-likeness (QED) is 0.746. The minimum Gasteiger partial charge on any atom is -0.320 e. The zero-order valence-electron chi connectivity index (χ0n) is 9.31. The van der Waals surface area contributed by atoms with Gasteiger partial charge in [-0.25, -0.2) is 0 Å². The van der Waals surface area contributed by atoms with Crippen molar-refractivity contribution in [2.75, 3.05) is 5.32 Å². The molecule has 0 atom stereocenters. The Kier molecular flexibility index (Phi) is 2.37. The fraction of sp³-hybridized carbons (Fsp3) is 0.143. The van der Waals surface area contributed by atoms with Gasteiger partial charge < -0.3 is 5.32 Å². The molecule has 2 heterocycles. The molecular formula is C14H12N2O. The number of aromatic nitrogens is 1. The van der Waals surface area contributed by atoms with Gasteiger partial charge in [0.1, 0.15) is 0 Å². The highest BCUT2D eigenvalue weighted by atomic mass is 16.1. The van der Waals surface area contributed by atoms with E-state index in [-0.39, 0.29) is 5.91 Å². The molecule has 1 aromatic heterocycles. The molecule has 3 nitrogen and oxygen atoms in total. The van der Waals surface area contributed by atoms with E-state index in [0.29, 0.717) is 0 Å². The zero-order chi connectivity index (χ0) is 11.7. The topological polar surface area (TPSA) is 42.0 Å². The average Bonchev–Trinajstić information content (AvgIpc) is 2.36. The van der Waals surface area contributed by atoms with Gasteiger partial charge >= 0.3 is 0 Å². The molecule has 0 radical (unpaired) electrons. The molecule has 3 rings (SSSR count). The highest BCUT2D eigenvalue weighted by molar-refractivity contribution is 6.05. The number of hydrogen-bond donors (Lipinski definition) is 1. The van der Waals surface area contributed by atoms with Gasteiger partial charge in [-0.05, 0) is 36.6 Å². The molecule has 0 unspecified atom stereocenters. The number of aryl methyl sites for hydroxylation is 2. The van der Waals surface area contributed by atoms with Gasteiger partial charge in [0, 0.05) is 11.8 Å². The number of pyridine rings is 1. The molecule has 1 amide bonds. The Bertz CT molecular complexity index is 578. The van der Waals surface area contributed by atoms with Gasteiger partial charge in [0.05, 0.1) is 11.4 Å². The summed E-state index contributed by atoms with van der Waals surface area (Å²) in [6.07, 6.45) is 3.47. The Labute approximate surface area is 99.5 Å². The van der Waals surface area contributed by atoms with Crippen molar-refractivity contribution < 1.29 is 4.79 Å². The van der Waals surface area contributed by atoms with Gasteiger partial charge in [0.15, 0.2) is 0 Å². The molecule has 1 N–H and O–H groups in total. The van der Waals surface area contributed by atoms with Crippen molar-refractivity contribution in [3.63, 3.8) is 0 Å². The van der Waals surface area contributed by atoms with Crippen molar-refractivity contribution in [1.82, 2.24) is 4.98 Å². The lowest BCUT2D eigenvalue weighted by molar-refractivity contribution is 0.102. The Morgan fingerprint density at radius 2 is 1.94 bits per heavy atom. The van der Waals surface area contributed by atoms with Crippen LogP contribution < -0.4 is 5.32 Å². The van der Waals surface area contributed by atoms with E-state index in [0.717, 1.165) is 35.3 Å². The van der Waals surface area contributed by atoms with Crippen LogP contribution in [-0.4, -0.2) is 10.9 Å². The van der Waals surface area contributed by atoms with E-state index in [1.54, 1.807) is 6.20 Å². The number of nitrogens with one attached hydrogen (secondary N) is 1. The SMILES string of the molecule is O=C1Nc2cccnc2CCc2ccccc21. The molecule has 0 bridgehead atoms. The van der Waals surface area contributed by atoms with Crippen LogP contribution in [-0.2, 0) is 12.8 Å². The van der Waals surface area contributed by atoms with Crippen molar-refractivity contribution in [1.29, 1.82) is 0 Å². The second-order valence-electron chi connectivity index (χ2n) is 4.11. The first-order chi connectivity index (χ1) is 8.34. The van der Waals surface area contributed by atoms with E-state index in [1.807, 2.05) is 36.4 Å². The highest BCUT2D eigenvalue weighted by Crippen LogP contribution is 2.21. The molecule has 0 aliphatic carbocycles. The van der Waals surface area contributed by atoms with Gasteiger partial charge in [-0.3, -0.25) is 9.78 Å². The fourth-order valence-corrected chi connectivity index (χ4v) is 2.15. The first-order valence-corrected chi connectivity index (χ1v) is 5.68. The monoisotopic (exact) mass is 224 g/mol. The predicted octanol–water partition coefficient (Wildman–Crippen LogP) is 2.43. The van der Waals surface area contributed by atoms with Gasteiger partial charge in [-0.1, -0.05) is 18.2 Å². The van der Waals surface area contributed by atoms with Gasteiger partial charge in [-0.15, -0.1) is 0 Å². The van der Waals surface area contributed by atoms with E-state index < -0.39 is 0 Å². The molecular weight excluding hydrogens is 212 g/mol. The smallest absolute Gasteiger partial charge is 0.255 e. The zero-order valence-corrected chi connectivity index (χ0v) is 9.31. The summed E-state index contributed by atoms with van der Waals surface area (Å²) in [5, 5.41) is 2.92. The lowest BCUT2D eigenvalue weighted by Gasteiger charge is -2.16. The number of anilines is 1. The summed E-state index contributed by atoms with van der Waals surface area (Å²) in [7, 11) is 0. The Morgan fingerprint density at radius 1 is 1.06 bits per heavy atom. The van der Waals surface area contributed by atoms with E-state index >= 15 is 0 Å². The Morgan fingerprint density at radius 3 is 2.88 bits per heavy atom. The molecule has 1 aromatic carbocycles. The number of fused-ring (bicyclic) bond motifs is 2. The first-order valence-electron chi connectivity index (χ1n) is 5.68. The van der Waals surface area contributed by atoms with E-state index in [4.69, 9.17) is 0 Å². The fourth-order valence-electron chi connectivity index (χ4n) is 2.15. The number of rotatable bonds is 0. The maximum atomic E-state index is 12.1. The summed E-state index contributed by atoms with van der Waals surface area (Å²) < 4.78 is 0. The number of benzene rings is 1. The highest BCUT2D eigenvalue weighted by Gasteiger charge is 2.16. The van der Waals surface area contributed by atoms with Gasteiger partial charge in [0.25, 0.3) is 5.91 Å². The summed E-state index contributed by atoms with van der Waals surface area (Å²) in [6.45, 7) is 0. The second kappa shape index (κ2) is 4.01. The Hall–Kier alpha value is -2.16. The van der Waals surface area contributed by atoms with Crippen molar-refractivity contribution in [2.45, 2.75) is 12.8 Å². The lowest BCUT2D eigenvalue weighted by atomic mass is 9.98. The van der Waals surface area contributed by atoms with Crippen LogP contribution in [0.4, 0.5) is 5.69 Å². The summed E-state index contributed by atoms with van der Waals surface area (Å²) in [5.41, 5.74) is 3.63. The lowest BCUT2D eigenvalue weighted by Crippen LogP contribution is -2.18. The molecule has 0 fully saturated rings. The summed E-state index contributed by atoms with van der Waals surface area (Å²) in [6, 6.07) is 11.5. The standard InChI is InChI=1S/C14H12N2O/c17-14-11-5-2-1-4-10(11)7-8-12-13(16-14)6-3-9-15-12/h1-6,9H,7-8H2,(H,16,17). The van der Waals surface area contributed by atoms with Gasteiger partial charge in [-0.2, -0.15) is 0 Å². The molecule has 0 spiro atoms. The van der Waals surface area contributed by atoms with Crippen LogP contribution in [0.1, 0.15) is 21.6 Å². The summed E-state index contributed by atoms with van der Waals surface area (Å²) in [4.78, 5) is 16.4. The van der Waals surface area contributed by atoms with Crippen molar-refractivity contribution in [3.05, 3.63) is 59.4 Å². The summed E-state index contributed by atoms with van der Waals surface area (Å²) >= 11 is 0. The predicted molar refractivity (Wildman–Crippen MR) is 66.0 cm³/mol. The molecule has 1 aliphatic heterocycles. The number of carbonyl (C=O) groups excluding carboxylic acids is 1. The van der Waals surface area contributed by atoms with Crippen LogP contribution in [0.5, 0.6) is 0 Å². The van der Waals surface area contributed by atoms with Crippen LogP contribution >= 0.6 is 0 Å². The maximum absolute atomic E-state index is 12.1. The van der Waals surface area contributed by atoms with E-state index in [9.17, 15) is 4.79 Å². The average molecular weight is 224 g/mol. The number of carbonyl (C=O) groups is 1. The first kappa shape index (κ1) is 10.0. The molecule has 0 saturated carbocycles. The molecule has 17 heavy (non-hydrogen) atoms. The van der Waals surface area contributed by atoms with Gasteiger partial charge in [0.2, 0.25) is 0 Å². The molecule has 84 valence electrons. The summed E-state index contributed by atoms with van der Waals surface area (Å²) in [5.74, 6) is -0.0467. The van der Waals surface area contributed by atoms with E-state index in [2.05, 4.69) is 10.3 Å². The maximum Gasteiger partial charge on any atom is 0.255 e. The number of hydrogen-bond acceptors (Lipinski definition) is 2. The van der Waals surface area contributed by atoms with Crippen LogP contribution in [0.2, 0.25) is 0 Å². The minimum atomic E-state index is -0.0467. The third-order valence-corrected chi connectivity index (χ3v) is 3.03. The minimum absolute atomic E-state index is 0.0467. The number of amides is 1. The van der Waals surface area contributed by atoms with E-state index in [1.165, 1.54) is 0 Å². The van der Waals surface area contributed by atoms with Crippen molar-refractivity contribution >= 4 is 11.6 Å². The molecule has 0 saturated heterocycles. The third-order valence-electron chi connectivity index (χ3n) is 3.03. The third kappa shape index (κ3) is 1.80. The molecule has 2 aromatic rings. The normalized spacial score (nSPS) is 14.0. The van der Waals surface area contributed by atoms with Crippen molar-refractivity contribution in [3.8, 4) is 0 Å². The molecule has 1 aliphatic rings. The Balaban J connectivity index is 2.06. The van der Waals surface area contributed by atoms with Crippen LogP contribution in [0.15, 0.2) is 42.6 Å². The second-order valence-corrected chi connectivity index (χ2v) is 4.11. The number of nitrogens with zero attached hydrogens (tertiary/aromatic N) is 1. The largest absolute Gasteiger partial charge is 0.320 e. The van der Waals surface area contributed by atoms with Crippen LogP contribution in [0.3, 0.4) is 0 Å². The van der Waals surface area contributed by atoms with Crippen LogP contribution in [0.25, 0.3) is 0 Å². The van der Waals surface area contributed by atoms with Crippen molar-refractivity contribution in [2.24, 2.45) is 0 Å². The molecule has 3 heteroatoms.